The number of rotatable bonds is 4. The molecule has 2 heteroatoms. The summed E-state index contributed by atoms with van der Waals surface area (Å²) in [7, 11) is 0. The van der Waals surface area contributed by atoms with Crippen LogP contribution in [0.4, 0.5) is 0 Å². The summed E-state index contributed by atoms with van der Waals surface area (Å²) in [6, 6.07) is 22.2. The first kappa shape index (κ1) is 20.1. The van der Waals surface area contributed by atoms with Gasteiger partial charge in [-0.1, -0.05) is 85.8 Å². The normalized spacial score (nSPS) is 14.2. The lowest BCUT2D eigenvalue weighted by Gasteiger charge is -2.22. The third-order valence-corrected chi connectivity index (χ3v) is 7.04. The van der Waals surface area contributed by atoms with Crippen molar-refractivity contribution in [1.29, 1.82) is 0 Å². The zero-order valence-corrected chi connectivity index (χ0v) is 19.8. The molecule has 0 bridgehead atoms. The molecule has 5 rings (SSSR count). The number of halogens is 1. The molecule has 0 unspecified atom stereocenters. The van der Waals surface area contributed by atoms with Gasteiger partial charge in [0.05, 0.1) is 11.2 Å². The topological polar surface area (TPSA) is 4.93 Å². The summed E-state index contributed by atoms with van der Waals surface area (Å²) in [6.45, 7) is 10.9. The smallest absolute Gasteiger partial charge is 0.0541 e. The van der Waals surface area contributed by atoms with E-state index in [0.29, 0.717) is 0 Å². The maximum atomic E-state index is 4.12. The van der Waals surface area contributed by atoms with E-state index in [9.17, 15) is 0 Å². The Morgan fingerprint density at radius 3 is 2.42 bits per heavy atom. The zero-order valence-electron chi connectivity index (χ0n) is 18.2. The van der Waals surface area contributed by atoms with Gasteiger partial charge in [0.2, 0.25) is 0 Å². The molecule has 0 atom stereocenters. The van der Waals surface area contributed by atoms with Crippen LogP contribution in [0.3, 0.4) is 0 Å². The molecule has 0 spiro atoms. The van der Waals surface area contributed by atoms with Crippen LogP contribution in [0.1, 0.15) is 49.6 Å². The molecule has 1 nitrogen and oxygen atoms in total. The van der Waals surface area contributed by atoms with Gasteiger partial charge >= 0.3 is 0 Å². The van der Waals surface area contributed by atoms with Crippen molar-refractivity contribution >= 4 is 39.0 Å². The summed E-state index contributed by atoms with van der Waals surface area (Å²) in [6.07, 6.45) is 7.45. The lowest BCUT2D eigenvalue weighted by Crippen LogP contribution is -2.15. The number of allylic oxidation sites excluding steroid dienone is 1. The number of aromatic nitrogens is 1. The Hall–Kier alpha value is -2.84. The molecule has 0 amide bonds. The Balaban J connectivity index is 1.79. The van der Waals surface area contributed by atoms with Gasteiger partial charge in [0.25, 0.3) is 0 Å². The first-order chi connectivity index (χ1) is 15.0. The number of hydrogen-bond acceptors (Lipinski definition) is 0. The van der Waals surface area contributed by atoms with Crippen LogP contribution in [0.5, 0.6) is 0 Å². The molecule has 154 valence electrons. The fourth-order valence-corrected chi connectivity index (χ4v) is 5.37. The van der Waals surface area contributed by atoms with Gasteiger partial charge < -0.3 is 4.57 Å². The van der Waals surface area contributed by atoms with E-state index in [1.807, 2.05) is 6.08 Å². The summed E-state index contributed by atoms with van der Waals surface area (Å²) in [5, 5.41) is 1.24. The first-order valence-corrected chi connectivity index (χ1v) is 11.6. The molecule has 0 saturated heterocycles. The van der Waals surface area contributed by atoms with Gasteiger partial charge in [-0.15, -0.1) is 0 Å². The molecular weight excluding hydrogens is 442 g/mol. The molecule has 31 heavy (non-hydrogen) atoms. The second-order valence-electron chi connectivity index (χ2n) is 8.71. The van der Waals surface area contributed by atoms with Gasteiger partial charge in [-0.3, -0.25) is 0 Å². The maximum absolute atomic E-state index is 4.12. The summed E-state index contributed by atoms with van der Waals surface area (Å²) in [5.41, 5.74) is 10.2. The van der Waals surface area contributed by atoms with Crippen molar-refractivity contribution in [2.75, 3.05) is 0 Å². The summed E-state index contributed by atoms with van der Waals surface area (Å²) in [4.78, 5) is 0. The molecule has 0 radical (unpaired) electrons. The standard InChI is InChI=1S/C29H26BrN/c1-5-7-11-27-21(6-2)24-10-8-9-12-28(24)31(27)20-14-16-23-22-15-13-19(30)17-25(22)29(3,4)26(23)18-20/h6-18H,2,5H2,1,3-4H3/b11-7-. The molecule has 1 aliphatic rings. The molecule has 1 aliphatic carbocycles. The quantitative estimate of drug-likeness (QED) is 0.282. The highest BCUT2D eigenvalue weighted by molar-refractivity contribution is 9.10. The third kappa shape index (κ3) is 2.96. The lowest BCUT2D eigenvalue weighted by molar-refractivity contribution is 0.659. The molecule has 0 saturated carbocycles. The Morgan fingerprint density at radius 1 is 0.968 bits per heavy atom. The SMILES string of the molecule is C=Cc1c(/C=C\CC)n(-c2ccc3c(c2)C(C)(C)c2cc(Br)ccc2-3)c2ccccc12. The summed E-state index contributed by atoms with van der Waals surface area (Å²) in [5.74, 6) is 0. The van der Waals surface area contributed by atoms with Crippen molar-refractivity contribution in [2.45, 2.75) is 32.6 Å². The molecule has 4 aromatic rings. The van der Waals surface area contributed by atoms with Crippen molar-refractivity contribution < 1.29 is 0 Å². The van der Waals surface area contributed by atoms with Crippen LogP contribution in [0.15, 0.2) is 77.8 Å². The fraction of sp³-hybridized carbons (Fsp3) is 0.172. The van der Waals surface area contributed by atoms with E-state index in [1.165, 1.54) is 50.1 Å². The third-order valence-electron chi connectivity index (χ3n) is 6.55. The molecule has 0 fully saturated rings. The number of nitrogens with zero attached hydrogens (tertiary/aromatic N) is 1. The van der Waals surface area contributed by atoms with Crippen LogP contribution in [0, 0.1) is 0 Å². The lowest BCUT2D eigenvalue weighted by atomic mass is 9.82. The Bertz CT molecular complexity index is 1370. The van der Waals surface area contributed by atoms with E-state index in [2.05, 4.69) is 121 Å². The van der Waals surface area contributed by atoms with Crippen molar-refractivity contribution in [3.63, 3.8) is 0 Å². The Morgan fingerprint density at radius 2 is 1.68 bits per heavy atom. The van der Waals surface area contributed by atoms with Gasteiger partial charge in [0, 0.05) is 26.5 Å². The van der Waals surface area contributed by atoms with Crippen molar-refractivity contribution in [2.24, 2.45) is 0 Å². The van der Waals surface area contributed by atoms with Gasteiger partial charge in [-0.2, -0.15) is 0 Å². The second kappa shape index (κ2) is 7.39. The first-order valence-electron chi connectivity index (χ1n) is 10.8. The number of hydrogen-bond donors (Lipinski definition) is 0. The highest BCUT2D eigenvalue weighted by atomic mass is 79.9. The average molecular weight is 468 g/mol. The van der Waals surface area contributed by atoms with Gasteiger partial charge in [0.1, 0.15) is 0 Å². The fourth-order valence-electron chi connectivity index (χ4n) is 5.01. The van der Waals surface area contributed by atoms with Crippen LogP contribution >= 0.6 is 15.9 Å². The highest BCUT2D eigenvalue weighted by Crippen LogP contribution is 2.50. The molecule has 1 aromatic heterocycles. The van der Waals surface area contributed by atoms with E-state index < -0.39 is 0 Å². The van der Waals surface area contributed by atoms with E-state index in [0.717, 1.165) is 10.9 Å². The van der Waals surface area contributed by atoms with E-state index >= 15 is 0 Å². The van der Waals surface area contributed by atoms with Crippen LogP contribution in [-0.4, -0.2) is 4.57 Å². The minimum Gasteiger partial charge on any atom is -0.309 e. The van der Waals surface area contributed by atoms with E-state index in [1.54, 1.807) is 0 Å². The van der Waals surface area contributed by atoms with Crippen molar-refractivity contribution in [3.8, 4) is 16.8 Å². The van der Waals surface area contributed by atoms with Crippen molar-refractivity contribution in [1.82, 2.24) is 4.57 Å². The van der Waals surface area contributed by atoms with Gasteiger partial charge in [-0.25, -0.2) is 0 Å². The molecule has 1 heterocycles. The summed E-state index contributed by atoms with van der Waals surface area (Å²) >= 11 is 3.66. The largest absolute Gasteiger partial charge is 0.309 e. The molecule has 0 aliphatic heterocycles. The van der Waals surface area contributed by atoms with Crippen molar-refractivity contribution in [3.05, 3.63) is 100 Å². The molecule has 0 N–H and O–H groups in total. The van der Waals surface area contributed by atoms with Crippen LogP contribution in [0.25, 0.3) is 39.9 Å². The number of fused-ring (bicyclic) bond motifs is 4. The average Bonchev–Trinajstić information content (AvgIpc) is 3.21. The number of benzene rings is 3. The predicted octanol–water partition coefficient (Wildman–Crippen LogP) is 8.77. The summed E-state index contributed by atoms with van der Waals surface area (Å²) < 4.78 is 3.51. The van der Waals surface area contributed by atoms with Gasteiger partial charge in [-0.05, 0) is 65.1 Å². The minimum absolute atomic E-state index is 0.0475. The number of para-hydroxylation sites is 1. The minimum atomic E-state index is -0.0475. The zero-order chi connectivity index (χ0) is 21.8. The maximum Gasteiger partial charge on any atom is 0.0541 e. The predicted molar refractivity (Wildman–Crippen MR) is 138 cm³/mol. The Kier molecular flexibility index (Phi) is 4.79. The van der Waals surface area contributed by atoms with Gasteiger partial charge in [0.15, 0.2) is 0 Å². The van der Waals surface area contributed by atoms with Crippen LogP contribution in [0.2, 0.25) is 0 Å². The van der Waals surface area contributed by atoms with Crippen LogP contribution < -0.4 is 0 Å². The second-order valence-corrected chi connectivity index (χ2v) is 9.63. The molecular formula is C29H26BrN. The molecule has 3 aromatic carbocycles. The van der Waals surface area contributed by atoms with Crippen LogP contribution in [-0.2, 0) is 5.41 Å². The monoisotopic (exact) mass is 467 g/mol. The highest BCUT2D eigenvalue weighted by Gasteiger charge is 2.36. The Labute approximate surface area is 192 Å². The van der Waals surface area contributed by atoms with E-state index in [4.69, 9.17) is 0 Å². The van der Waals surface area contributed by atoms with E-state index in [-0.39, 0.29) is 5.41 Å².